The SMILES string of the molecule is CCc1ccc(C(c2ccc(CC)cc2)c2ccc(O)c(C(=O)O)c2)cc1. The molecule has 2 N–H and O–H groups in total. The number of aromatic hydroxyl groups is 1. The van der Waals surface area contributed by atoms with Gasteiger partial charge >= 0.3 is 5.97 Å². The molecule has 0 saturated carbocycles. The Hall–Kier alpha value is -3.07. The van der Waals surface area contributed by atoms with Crippen molar-refractivity contribution in [2.24, 2.45) is 0 Å². The Balaban J connectivity index is 2.14. The molecule has 0 radical (unpaired) electrons. The molecule has 0 fully saturated rings. The first-order valence-corrected chi connectivity index (χ1v) is 9.27. The Labute approximate surface area is 159 Å². The molecule has 0 bridgehead atoms. The van der Waals surface area contributed by atoms with Gasteiger partial charge in [-0.25, -0.2) is 4.79 Å². The van der Waals surface area contributed by atoms with E-state index in [0.717, 1.165) is 29.5 Å². The van der Waals surface area contributed by atoms with Gasteiger partial charge in [0.1, 0.15) is 11.3 Å². The number of carbonyl (C=O) groups is 1. The third-order valence-electron chi connectivity index (χ3n) is 5.03. The molecule has 0 aliphatic heterocycles. The first-order chi connectivity index (χ1) is 13.0. The molecule has 3 aromatic rings. The summed E-state index contributed by atoms with van der Waals surface area (Å²) in [5.74, 6) is -1.44. The Morgan fingerprint density at radius 2 is 1.22 bits per heavy atom. The van der Waals surface area contributed by atoms with Gasteiger partial charge in [-0.2, -0.15) is 0 Å². The van der Waals surface area contributed by atoms with Gasteiger partial charge in [-0.3, -0.25) is 0 Å². The molecule has 0 unspecified atom stereocenters. The average Bonchev–Trinajstić information content (AvgIpc) is 2.70. The van der Waals surface area contributed by atoms with Crippen LogP contribution in [0.3, 0.4) is 0 Å². The molecular formula is C24H24O3. The molecule has 0 aliphatic carbocycles. The quantitative estimate of drug-likeness (QED) is 0.579. The molecule has 3 aromatic carbocycles. The summed E-state index contributed by atoms with van der Waals surface area (Å²) in [6, 6.07) is 21.7. The van der Waals surface area contributed by atoms with E-state index in [1.54, 1.807) is 12.1 Å². The fraction of sp³-hybridized carbons (Fsp3) is 0.208. The summed E-state index contributed by atoms with van der Waals surface area (Å²) < 4.78 is 0. The largest absolute Gasteiger partial charge is 0.507 e. The highest BCUT2D eigenvalue weighted by atomic mass is 16.4. The highest BCUT2D eigenvalue weighted by Gasteiger charge is 2.20. The van der Waals surface area contributed by atoms with E-state index >= 15 is 0 Å². The van der Waals surface area contributed by atoms with E-state index < -0.39 is 5.97 Å². The van der Waals surface area contributed by atoms with Crippen molar-refractivity contribution in [1.29, 1.82) is 0 Å². The Morgan fingerprint density at radius 3 is 1.63 bits per heavy atom. The summed E-state index contributed by atoms with van der Waals surface area (Å²) in [6.07, 6.45) is 1.94. The first kappa shape index (κ1) is 18.7. The van der Waals surface area contributed by atoms with Crippen LogP contribution >= 0.6 is 0 Å². The molecule has 0 aliphatic rings. The van der Waals surface area contributed by atoms with Crippen molar-refractivity contribution in [3.8, 4) is 5.75 Å². The smallest absolute Gasteiger partial charge is 0.339 e. The first-order valence-electron chi connectivity index (χ1n) is 9.27. The summed E-state index contributed by atoms with van der Waals surface area (Å²) >= 11 is 0. The lowest BCUT2D eigenvalue weighted by molar-refractivity contribution is 0.0693. The minimum Gasteiger partial charge on any atom is -0.507 e. The Bertz CT molecular complexity index is 877. The molecule has 0 atom stereocenters. The summed E-state index contributed by atoms with van der Waals surface area (Å²) in [5, 5.41) is 19.3. The van der Waals surface area contributed by atoms with E-state index in [1.807, 2.05) is 0 Å². The second-order valence-electron chi connectivity index (χ2n) is 6.71. The van der Waals surface area contributed by atoms with Crippen LogP contribution in [0.4, 0.5) is 0 Å². The number of rotatable bonds is 6. The van der Waals surface area contributed by atoms with Crippen LogP contribution in [0.25, 0.3) is 0 Å². The van der Waals surface area contributed by atoms with Gasteiger partial charge in [0.15, 0.2) is 0 Å². The maximum atomic E-state index is 11.5. The zero-order valence-electron chi connectivity index (χ0n) is 15.6. The molecule has 0 saturated heterocycles. The molecule has 0 spiro atoms. The number of phenols is 1. The zero-order chi connectivity index (χ0) is 19.4. The number of hydrogen-bond acceptors (Lipinski definition) is 2. The van der Waals surface area contributed by atoms with Crippen molar-refractivity contribution >= 4 is 5.97 Å². The highest BCUT2D eigenvalue weighted by Crippen LogP contribution is 2.34. The van der Waals surface area contributed by atoms with Crippen molar-refractivity contribution in [1.82, 2.24) is 0 Å². The fourth-order valence-corrected chi connectivity index (χ4v) is 3.37. The standard InChI is InChI=1S/C24H24O3/c1-3-16-5-9-18(10-6-16)23(19-11-7-17(4-2)8-12-19)20-13-14-22(25)21(15-20)24(26)27/h5-15,23,25H,3-4H2,1-2H3,(H,26,27). The van der Waals surface area contributed by atoms with Gasteiger partial charge in [0.05, 0.1) is 0 Å². The molecule has 3 heteroatoms. The molecule has 3 nitrogen and oxygen atoms in total. The van der Waals surface area contributed by atoms with E-state index in [9.17, 15) is 15.0 Å². The van der Waals surface area contributed by atoms with Gasteiger partial charge in [-0.05, 0) is 52.8 Å². The van der Waals surface area contributed by atoms with Crippen LogP contribution in [0.2, 0.25) is 0 Å². The lowest BCUT2D eigenvalue weighted by Gasteiger charge is -2.20. The Kier molecular flexibility index (Phi) is 5.60. The number of aryl methyl sites for hydroxylation is 2. The minimum absolute atomic E-state index is 0.0761. The predicted octanol–water partition coefficient (Wildman–Crippen LogP) is 5.40. The fourth-order valence-electron chi connectivity index (χ4n) is 3.37. The van der Waals surface area contributed by atoms with Crippen LogP contribution in [0.1, 0.15) is 57.9 Å². The van der Waals surface area contributed by atoms with Gasteiger partial charge in [0.2, 0.25) is 0 Å². The minimum atomic E-state index is -1.13. The predicted molar refractivity (Wildman–Crippen MR) is 108 cm³/mol. The normalized spacial score (nSPS) is 10.9. The number of benzene rings is 3. The second-order valence-corrected chi connectivity index (χ2v) is 6.71. The monoisotopic (exact) mass is 360 g/mol. The Morgan fingerprint density at radius 1 is 0.778 bits per heavy atom. The van der Waals surface area contributed by atoms with Gasteiger partial charge < -0.3 is 10.2 Å². The number of hydrogen-bond donors (Lipinski definition) is 2. The third kappa shape index (κ3) is 4.03. The average molecular weight is 360 g/mol. The molecule has 138 valence electrons. The maximum Gasteiger partial charge on any atom is 0.339 e. The molecule has 3 rings (SSSR count). The number of carboxylic acid groups (broad SMARTS) is 1. The number of carboxylic acids is 1. The van der Waals surface area contributed by atoms with Crippen LogP contribution in [0.5, 0.6) is 5.75 Å². The second kappa shape index (κ2) is 8.09. The lowest BCUT2D eigenvalue weighted by Crippen LogP contribution is -2.06. The van der Waals surface area contributed by atoms with E-state index in [0.29, 0.717) is 0 Å². The number of aromatic carboxylic acids is 1. The van der Waals surface area contributed by atoms with Crippen molar-refractivity contribution in [2.45, 2.75) is 32.6 Å². The van der Waals surface area contributed by atoms with Crippen LogP contribution < -0.4 is 0 Å². The summed E-state index contributed by atoms with van der Waals surface area (Å²) in [4.78, 5) is 11.5. The van der Waals surface area contributed by atoms with Crippen LogP contribution in [-0.4, -0.2) is 16.2 Å². The van der Waals surface area contributed by atoms with Gasteiger partial charge in [-0.1, -0.05) is 68.4 Å². The summed E-state index contributed by atoms with van der Waals surface area (Å²) in [7, 11) is 0. The zero-order valence-corrected chi connectivity index (χ0v) is 15.6. The van der Waals surface area contributed by atoms with Crippen molar-refractivity contribution in [2.75, 3.05) is 0 Å². The van der Waals surface area contributed by atoms with Gasteiger partial charge in [-0.15, -0.1) is 0 Å². The molecule has 27 heavy (non-hydrogen) atoms. The summed E-state index contributed by atoms with van der Waals surface area (Å²) in [6.45, 7) is 4.24. The van der Waals surface area contributed by atoms with E-state index in [1.165, 1.54) is 17.2 Å². The highest BCUT2D eigenvalue weighted by molar-refractivity contribution is 5.91. The molecule has 0 heterocycles. The van der Waals surface area contributed by atoms with Crippen molar-refractivity contribution in [3.63, 3.8) is 0 Å². The van der Waals surface area contributed by atoms with Gasteiger partial charge in [0, 0.05) is 5.92 Å². The topological polar surface area (TPSA) is 57.5 Å². The van der Waals surface area contributed by atoms with Crippen LogP contribution in [0.15, 0.2) is 66.7 Å². The molecular weight excluding hydrogens is 336 g/mol. The van der Waals surface area contributed by atoms with E-state index in [-0.39, 0.29) is 17.2 Å². The van der Waals surface area contributed by atoms with E-state index in [2.05, 4.69) is 62.4 Å². The van der Waals surface area contributed by atoms with Crippen molar-refractivity contribution < 1.29 is 15.0 Å². The third-order valence-corrected chi connectivity index (χ3v) is 5.03. The molecule has 0 aromatic heterocycles. The van der Waals surface area contributed by atoms with Crippen LogP contribution in [0, 0.1) is 0 Å². The van der Waals surface area contributed by atoms with Crippen LogP contribution in [-0.2, 0) is 12.8 Å². The maximum absolute atomic E-state index is 11.5. The van der Waals surface area contributed by atoms with E-state index in [4.69, 9.17) is 0 Å². The van der Waals surface area contributed by atoms with Crippen molar-refractivity contribution in [3.05, 3.63) is 100 Å². The van der Waals surface area contributed by atoms with Gasteiger partial charge in [0.25, 0.3) is 0 Å². The molecule has 0 amide bonds. The lowest BCUT2D eigenvalue weighted by atomic mass is 9.83. The summed E-state index contributed by atoms with van der Waals surface area (Å²) in [5.41, 5.74) is 5.48.